The van der Waals surface area contributed by atoms with Gasteiger partial charge in [0.1, 0.15) is 0 Å². The van der Waals surface area contributed by atoms with Crippen molar-refractivity contribution < 1.29 is 9.53 Å². The minimum absolute atomic E-state index is 0.0303. The van der Waals surface area contributed by atoms with Crippen LogP contribution in [-0.4, -0.2) is 31.7 Å². The van der Waals surface area contributed by atoms with Crippen molar-refractivity contribution in [3.8, 4) is 0 Å². The summed E-state index contributed by atoms with van der Waals surface area (Å²) in [6.07, 6.45) is 9.72. The van der Waals surface area contributed by atoms with Crippen molar-refractivity contribution in [2.24, 2.45) is 17.6 Å². The monoisotopic (exact) mass is 268 g/mol. The first-order valence-electron chi connectivity index (χ1n) is 7.88. The lowest BCUT2D eigenvalue weighted by atomic mass is 9.87. The van der Waals surface area contributed by atoms with Crippen molar-refractivity contribution >= 4 is 5.91 Å². The van der Waals surface area contributed by atoms with Gasteiger partial charge in [-0.25, -0.2) is 0 Å². The molecule has 0 aromatic carbocycles. The quantitative estimate of drug-likeness (QED) is 0.799. The highest BCUT2D eigenvalue weighted by Crippen LogP contribution is 2.25. The van der Waals surface area contributed by atoms with Crippen molar-refractivity contribution in [3.63, 3.8) is 0 Å². The fraction of sp³-hybridized carbons (Fsp3) is 0.933. The Balaban J connectivity index is 1.62. The number of amides is 1. The Morgan fingerprint density at radius 3 is 2.53 bits per heavy atom. The average molecular weight is 268 g/mol. The molecule has 1 unspecified atom stereocenters. The summed E-state index contributed by atoms with van der Waals surface area (Å²) in [6.45, 7) is 2.28. The number of rotatable bonds is 5. The maximum Gasteiger partial charge on any atom is 0.237 e. The van der Waals surface area contributed by atoms with E-state index in [4.69, 9.17) is 10.5 Å². The summed E-state index contributed by atoms with van der Waals surface area (Å²) in [4.78, 5) is 12.0. The average Bonchev–Trinajstić information content (AvgIpc) is 2.48. The van der Waals surface area contributed by atoms with Crippen LogP contribution in [0.3, 0.4) is 0 Å². The zero-order valence-electron chi connectivity index (χ0n) is 11.9. The van der Waals surface area contributed by atoms with Gasteiger partial charge < -0.3 is 15.8 Å². The molecule has 1 saturated carbocycles. The van der Waals surface area contributed by atoms with Crippen molar-refractivity contribution in [3.05, 3.63) is 0 Å². The second-order valence-corrected chi connectivity index (χ2v) is 6.06. The van der Waals surface area contributed by atoms with Crippen molar-refractivity contribution in [2.75, 3.05) is 19.8 Å². The van der Waals surface area contributed by atoms with E-state index >= 15 is 0 Å². The molecule has 2 aliphatic rings. The summed E-state index contributed by atoms with van der Waals surface area (Å²) >= 11 is 0. The number of carbonyl (C=O) groups is 1. The number of nitrogens with two attached hydrogens (primary N) is 1. The van der Waals surface area contributed by atoms with E-state index in [-0.39, 0.29) is 11.9 Å². The van der Waals surface area contributed by atoms with Gasteiger partial charge in [0.2, 0.25) is 5.91 Å². The van der Waals surface area contributed by atoms with E-state index in [1.807, 2.05) is 0 Å². The van der Waals surface area contributed by atoms with Gasteiger partial charge in [-0.1, -0.05) is 32.1 Å². The summed E-state index contributed by atoms with van der Waals surface area (Å²) in [5.74, 6) is 1.14. The van der Waals surface area contributed by atoms with Crippen LogP contribution in [0, 0.1) is 11.8 Å². The third-order valence-corrected chi connectivity index (χ3v) is 4.65. The molecule has 1 aliphatic heterocycles. The molecule has 19 heavy (non-hydrogen) atoms. The Bertz CT molecular complexity index is 271. The molecule has 0 aromatic heterocycles. The molecule has 2 fully saturated rings. The minimum atomic E-state index is -0.352. The molecule has 0 radical (unpaired) electrons. The molecule has 0 bridgehead atoms. The molecule has 1 aliphatic carbocycles. The molecule has 3 N–H and O–H groups in total. The van der Waals surface area contributed by atoms with Gasteiger partial charge in [0, 0.05) is 19.8 Å². The standard InChI is InChI=1S/C15H28N2O2/c16-14(13-7-10-19-11-8-13)15(18)17-9-6-12-4-2-1-3-5-12/h12-14H,1-11,16H2,(H,17,18). The Morgan fingerprint density at radius 2 is 1.84 bits per heavy atom. The summed E-state index contributed by atoms with van der Waals surface area (Å²) < 4.78 is 5.30. The number of ether oxygens (including phenoxy) is 1. The topological polar surface area (TPSA) is 64.4 Å². The molecular weight excluding hydrogens is 240 g/mol. The molecule has 0 aromatic rings. The zero-order valence-corrected chi connectivity index (χ0v) is 11.9. The van der Waals surface area contributed by atoms with Crippen LogP contribution >= 0.6 is 0 Å². The highest BCUT2D eigenvalue weighted by molar-refractivity contribution is 5.81. The molecule has 0 spiro atoms. The maximum atomic E-state index is 12.0. The first-order chi connectivity index (χ1) is 9.27. The molecule has 1 atom stereocenters. The van der Waals surface area contributed by atoms with E-state index < -0.39 is 0 Å². The molecule has 110 valence electrons. The van der Waals surface area contributed by atoms with Crippen LogP contribution in [-0.2, 0) is 9.53 Å². The Labute approximate surface area is 116 Å². The fourth-order valence-electron chi connectivity index (χ4n) is 3.28. The zero-order chi connectivity index (χ0) is 13.5. The Kier molecular flexibility index (Phi) is 6.11. The van der Waals surface area contributed by atoms with E-state index in [0.29, 0.717) is 5.92 Å². The van der Waals surface area contributed by atoms with Crippen LogP contribution in [0.2, 0.25) is 0 Å². The van der Waals surface area contributed by atoms with Gasteiger partial charge in [-0.3, -0.25) is 4.79 Å². The second-order valence-electron chi connectivity index (χ2n) is 6.06. The number of hydrogen-bond acceptors (Lipinski definition) is 3. The summed E-state index contributed by atoms with van der Waals surface area (Å²) in [5.41, 5.74) is 6.04. The van der Waals surface area contributed by atoms with Crippen LogP contribution < -0.4 is 11.1 Å². The summed E-state index contributed by atoms with van der Waals surface area (Å²) in [6, 6.07) is -0.352. The van der Waals surface area contributed by atoms with Gasteiger partial charge in [-0.15, -0.1) is 0 Å². The molecular formula is C15H28N2O2. The fourth-order valence-corrected chi connectivity index (χ4v) is 3.28. The first-order valence-corrected chi connectivity index (χ1v) is 7.88. The molecule has 1 saturated heterocycles. The van der Waals surface area contributed by atoms with Gasteiger partial charge in [0.05, 0.1) is 6.04 Å². The van der Waals surface area contributed by atoms with Crippen LogP contribution in [0.5, 0.6) is 0 Å². The van der Waals surface area contributed by atoms with Crippen LogP contribution in [0.4, 0.5) is 0 Å². The third kappa shape index (κ3) is 4.77. The van der Waals surface area contributed by atoms with E-state index in [9.17, 15) is 4.79 Å². The number of nitrogens with one attached hydrogen (secondary N) is 1. The van der Waals surface area contributed by atoms with E-state index in [2.05, 4.69) is 5.32 Å². The summed E-state index contributed by atoms with van der Waals surface area (Å²) in [7, 11) is 0. The largest absolute Gasteiger partial charge is 0.381 e. The Hall–Kier alpha value is -0.610. The lowest BCUT2D eigenvalue weighted by molar-refractivity contribution is -0.124. The highest BCUT2D eigenvalue weighted by Gasteiger charge is 2.26. The maximum absolute atomic E-state index is 12.0. The van der Waals surface area contributed by atoms with Gasteiger partial charge in [0.15, 0.2) is 0 Å². The van der Waals surface area contributed by atoms with Crippen molar-refractivity contribution in [1.82, 2.24) is 5.32 Å². The lowest BCUT2D eigenvalue weighted by Gasteiger charge is -2.27. The lowest BCUT2D eigenvalue weighted by Crippen LogP contribution is -2.47. The normalized spacial score (nSPS) is 24.1. The van der Waals surface area contributed by atoms with Gasteiger partial charge in [0.25, 0.3) is 0 Å². The molecule has 1 heterocycles. The molecule has 4 nitrogen and oxygen atoms in total. The van der Waals surface area contributed by atoms with Crippen LogP contribution in [0.25, 0.3) is 0 Å². The van der Waals surface area contributed by atoms with Gasteiger partial charge in [-0.2, -0.15) is 0 Å². The van der Waals surface area contributed by atoms with E-state index in [1.165, 1.54) is 32.1 Å². The van der Waals surface area contributed by atoms with E-state index in [1.54, 1.807) is 0 Å². The molecule has 2 rings (SSSR count). The van der Waals surface area contributed by atoms with Crippen LogP contribution in [0.1, 0.15) is 51.4 Å². The number of hydrogen-bond donors (Lipinski definition) is 2. The predicted molar refractivity (Wildman–Crippen MR) is 75.7 cm³/mol. The first kappa shape index (κ1) is 14.8. The Morgan fingerprint density at radius 1 is 1.16 bits per heavy atom. The smallest absolute Gasteiger partial charge is 0.237 e. The molecule has 4 heteroatoms. The summed E-state index contributed by atoms with van der Waals surface area (Å²) in [5, 5.41) is 3.02. The third-order valence-electron chi connectivity index (χ3n) is 4.65. The van der Waals surface area contributed by atoms with Crippen LogP contribution in [0.15, 0.2) is 0 Å². The van der Waals surface area contributed by atoms with Gasteiger partial charge >= 0.3 is 0 Å². The van der Waals surface area contributed by atoms with E-state index in [0.717, 1.165) is 44.9 Å². The minimum Gasteiger partial charge on any atom is -0.381 e. The highest BCUT2D eigenvalue weighted by atomic mass is 16.5. The van der Waals surface area contributed by atoms with Gasteiger partial charge in [-0.05, 0) is 31.1 Å². The second kappa shape index (κ2) is 7.85. The number of carbonyl (C=O) groups excluding carboxylic acids is 1. The predicted octanol–water partition coefficient (Wildman–Crippen LogP) is 1.83. The molecule has 1 amide bonds. The van der Waals surface area contributed by atoms with Crippen molar-refractivity contribution in [1.29, 1.82) is 0 Å². The van der Waals surface area contributed by atoms with Crippen molar-refractivity contribution in [2.45, 2.75) is 57.4 Å². The SMILES string of the molecule is NC(C(=O)NCCC1CCCCC1)C1CCOCC1.